The van der Waals surface area contributed by atoms with Crippen LogP contribution in [-0.2, 0) is 9.59 Å². The van der Waals surface area contributed by atoms with Gasteiger partial charge in [0, 0.05) is 17.1 Å². The second-order valence-electron chi connectivity index (χ2n) is 8.69. The fourth-order valence-electron chi connectivity index (χ4n) is 4.68. The molecular formula is C23H32Cl2N4O3. The molecule has 7 nitrogen and oxygen atoms in total. The SMILES string of the molecule is O=C(CNC(=O)CNC(=O)c1ccc(Cl)cc1Cl)NCC1(N2CCCCC2)CCCCC1. The van der Waals surface area contributed by atoms with Gasteiger partial charge >= 0.3 is 0 Å². The Hall–Kier alpha value is -1.83. The third kappa shape index (κ3) is 6.83. The average Bonchev–Trinajstić information content (AvgIpc) is 2.81. The summed E-state index contributed by atoms with van der Waals surface area (Å²) in [5.41, 5.74) is 0.279. The number of nitrogens with zero attached hydrogens (tertiary/aromatic N) is 1. The summed E-state index contributed by atoms with van der Waals surface area (Å²) in [5.74, 6) is -1.14. The zero-order valence-corrected chi connectivity index (χ0v) is 19.9. The first-order valence-electron chi connectivity index (χ1n) is 11.4. The Morgan fingerprint density at radius 3 is 2.16 bits per heavy atom. The molecule has 0 bridgehead atoms. The molecule has 1 saturated heterocycles. The molecular weight excluding hydrogens is 451 g/mol. The number of carbonyl (C=O) groups is 3. The lowest BCUT2D eigenvalue weighted by atomic mass is 9.79. The summed E-state index contributed by atoms with van der Waals surface area (Å²) in [6.45, 7) is 2.46. The maximum absolute atomic E-state index is 12.4. The van der Waals surface area contributed by atoms with E-state index in [0.29, 0.717) is 11.6 Å². The normalized spacial score (nSPS) is 18.6. The summed E-state index contributed by atoms with van der Waals surface area (Å²) < 4.78 is 0. The van der Waals surface area contributed by atoms with E-state index in [2.05, 4.69) is 20.9 Å². The van der Waals surface area contributed by atoms with Crippen molar-refractivity contribution in [3.8, 4) is 0 Å². The van der Waals surface area contributed by atoms with Crippen molar-refractivity contribution in [3.63, 3.8) is 0 Å². The van der Waals surface area contributed by atoms with Crippen molar-refractivity contribution >= 4 is 40.9 Å². The molecule has 2 aliphatic rings. The number of amides is 3. The van der Waals surface area contributed by atoms with Crippen LogP contribution in [0.5, 0.6) is 0 Å². The standard InChI is InChI=1S/C23H32Cl2N4O3/c24-17-7-8-18(19(25)13-17)22(32)27-15-20(30)26-14-21(31)28-16-23(9-3-1-4-10-23)29-11-5-2-6-12-29/h7-8,13H,1-6,9-12,14-16H2,(H,26,30)(H,27,32)(H,28,31). The molecule has 2 fully saturated rings. The van der Waals surface area contributed by atoms with Crippen molar-refractivity contribution < 1.29 is 14.4 Å². The van der Waals surface area contributed by atoms with Gasteiger partial charge in [-0.2, -0.15) is 0 Å². The molecule has 0 radical (unpaired) electrons. The van der Waals surface area contributed by atoms with Crippen LogP contribution in [0.2, 0.25) is 10.0 Å². The molecule has 1 aromatic rings. The monoisotopic (exact) mass is 482 g/mol. The van der Waals surface area contributed by atoms with Crippen molar-refractivity contribution in [3.05, 3.63) is 33.8 Å². The molecule has 3 rings (SSSR count). The van der Waals surface area contributed by atoms with Crippen LogP contribution in [0.3, 0.4) is 0 Å². The second kappa shape index (κ2) is 11.9. The summed E-state index contributed by atoms with van der Waals surface area (Å²) >= 11 is 11.8. The maximum atomic E-state index is 12.4. The van der Waals surface area contributed by atoms with E-state index in [-0.39, 0.29) is 35.1 Å². The predicted octanol–water partition coefficient (Wildman–Crippen LogP) is 3.14. The third-order valence-electron chi connectivity index (χ3n) is 6.46. The van der Waals surface area contributed by atoms with Gasteiger partial charge in [-0.15, -0.1) is 0 Å². The van der Waals surface area contributed by atoms with Crippen LogP contribution in [0.4, 0.5) is 0 Å². The van der Waals surface area contributed by atoms with E-state index in [1.54, 1.807) is 6.07 Å². The number of hydrogen-bond donors (Lipinski definition) is 3. The quantitative estimate of drug-likeness (QED) is 0.530. The molecule has 1 aliphatic carbocycles. The average molecular weight is 483 g/mol. The Morgan fingerprint density at radius 1 is 0.844 bits per heavy atom. The predicted molar refractivity (Wildman–Crippen MR) is 126 cm³/mol. The highest BCUT2D eigenvalue weighted by atomic mass is 35.5. The molecule has 3 N–H and O–H groups in total. The summed E-state index contributed by atoms with van der Waals surface area (Å²) in [5, 5.41) is 8.73. The molecule has 1 aromatic carbocycles. The van der Waals surface area contributed by atoms with Crippen LogP contribution >= 0.6 is 23.2 Å². The second-order valence-corrected chi connectivity index (χ2v) is 9.54. The number of likely N-dealkylation sites (tertiary alicyclic amines) is 1. The number of hydrogen-bond acceptors (Lipinski definition) is 4. The number of rotatable bonds is 8. The van der Waals surface area contributed by atoms with Gasteiger partial charge in [0.05, 0.1) is 23.7 Å². The molecule has 176 valence electrons. The zero-order valence-electron chi connectivity index (χ0n) is 18.4. The van der Waals surface area contributed by atoms with Gasteiger partial charge in [0.25, 0.3) is 5.91 Å². The highest BCUT2D eigenvalue weighted by molar-refractivity contribution is 6.36. The van der Waals surface area contributed by atoms with Crippen molar-refractivity contribution in [2.75, 3.05) is 32.7 Å². The molecule has 1 heterocycles. The van der Waals surface area contributed by atoms with Crippen LogP contribution in [0, 0.1) is 0 Å². The Kier molecular flexibility index (Phi) is 9.20. The zero-order chi connectivity index (χ0) is 23.0. The molecule has 32 heavy (non-hydrogen) atoms. The van der Waals surface area contributed by atoms with E-state index in [1.807, 2.05) is 0 Å². The van der Waals surface area contributed by atoms with Crippen molar-refractivity contribution in [2.24, 2.45) is 0 Å². The van der Waals surface area contributed by atoms with Crippen LogP contribution in [0.1, 0.15) is 61.7 Å². The summed E-state index contributed by atoms with van der Waals surface area (Å²) in [4.78, 5) is 39.2. The molecule has 0 unspecified atom stereocenters. The van der Waals surface area contributed by atoms with E-state index in [1.165, 1.54) is 50.7 Å². The smallest absolute Gasteiger partial charge is 0.253 e. The van der Waals surface area contributed by atoms with Crippen molar-refractivity contribution in [1.29, 1.82) is 0 Å². The molecule has 0 spiro atoms. The van der Waals surface area contributed by atoms with Gasteiger partial charge in [-0.05, 0) is 57.0 Å². The van der Waals surface area contributed by atoms with E-state index in [9.17, 15) is 14.4 Å². The topological polar surface area (TPSA) is 90.5 Å². The largest absolute Gasteiger partial charge is 0.353 e. The summed E-state index contributed by atoms with van der Waals surface area (Å²) in [7, 11) is 0. The van der Waals surface area contributed by atoms with Gasteiger partial charge in [0.2, 0.25) is 11.8 Å². The van der Waals surface area contributed by atoms with Gasteiger partial charge in [-0.1, -0.05) is 48.9 Å². The van der Waals surface area contributed by atoms with Crippen LogP contribution in [-0.4, -0.2) is 60.9 Å². The highest BCUT2D eigenvalue weighted by Crippen LogP contribution is 2.35. The minimum absolute atomic E-state index is 0.0458. The van der Waals surface area contributed by atoms with E-state index in [4.69, 9.17) is 23.2 Å². The van der Waals surface area contributed by atoms with Crippen LogP contribution in [0.25, 0.3) is 0 Å². The number of halogens is 2. The first-order chi connectivity index (χ1) is 15.4. The van der Waals surface area contributed by atoms with Crippen molar-refractivity contribution in [1.82, 2.24) is 20.9 Å². The van der Waals surface area contributed by atoms with Gasteiger partial charge in [0.15, 0.2) is 0 Å². The minimum Gasteiger partial charge on any atom is -0.353 e. The molecule has 0 atom stereocenters. The summed E-state index contributed by atoms with van der Waals surface area (Å²) in [6, 6.07) is 4.51. The third-order valence-corrected chi connectivity index (χ3v) is 7.00. The molecule has 1 saturated carbocycles. The first-order valence-corrected chi connectivity index (χ1v) is 12.2. The van der Waals surface area contributed by atoms with Crippen LogP contribution < -0.4 is 16.0 Å². The fourth-order valence-corrected chi connectivity index (χ4v) is 5.17. The van der Waals surface area contributed by atoms with Crippen molar-refractivity contribution in [2.45, 2.75) is 56.9 Å². The lowest BCUT2D eigenvalue weighted by molar-refractivity contribution is -0.126. The molecule has 9 heteroatoms. The number of carbonyl (C=O) groups excluding carboxylic acids is 3. The van der Waals surface area contributed by atoms with Gasteiger partial charge < -0.3 is 16.0 Å². The van der Waals surface area contributed by atoms with E-state index in [0.717, 1.165) is 25.9 Å². The highest BCUT2D eigenvalue weighted by Gasteiger charge is 2.38. The molecule has 1 aliphatic heterocycles. The Labute approximate surface area is 199 Å². The number of piperidine rings is 1. The molecule has 0 aromatic heterocycles. The maximum Gasteiger partial charge on any atom is 0.253 e. The van der Waals surface area contributed by atoms with Gasteiger partial charge in [-0.25, -0.2) is 0 Å². The fraction of sp³-hybridized carbons (Fsp3) is 0.609. The van der Waals surface area contributed by atoms with Crippen LogP contribution in [0.15, 0.2) is 18.2 Å². The lowest BCUT2D eigenvalue weighted by Gasteiger charge is -2.48. The van der Waals surface area contributed by atoms with Gasteiger partial charge in [-0.3, -0.25) is 19.3 Å². The van der Waals surface area contributed by atoms with E-state index >= 15 is 0 Å². The van der Waals surface area contributed by atoms with E-state index < -0.39 is 11.8 Å². The Balaban J connectivity index is 1.41. The number of nitrogens with one attached hydrogen (secondary N) is 3. The lowest BCUT2D eigenvalue weighted by Crippen LogP contribution is -2.58. The molecule has 3 amide bonds. The first kappa shape index (κ1) is 24.8. The minimum atomic E-state index is -0.480. The number of benzene rings is 1. The Morgan fingerprint density at radius 2 is 1.47 bits per heavy atom. The van der Waals surface area contributed by atoms with Gasteiger partial charge in [0.1, 0.15) is 0 Å². The summed E-state index contributed by atoms with van der Waals surface area (Å²) in [6.07, 6.45) is 9.59. The Bertz CT molecular complexity index is 821.